The van der Waals surface area contributed by atoms with Crippen molar-refractivity contribution in [3.05, 3.63) is 71.8 Å². The molecule has 8 heteroatoms. The molecular weight excluding hydrogens is 361 g/mol. The highest BCUT2D eigenvalue weighted by molar-refractivity contribution is 7.99. The van der Waals surface area contributed by atoms with Crippen LogP contribution in [0.4, 0.5) is 13.2 Å². The van der Waals surface area contributed by atoms with Crippen LogP contribution < -0.4 is 0 Å². The summed E-state index contributed by atoms with van der Waals surface area (Å²) in [6.45, 7) is 2.62. The van der Waals surface area contributed by atoms with E-state index in [2.05, 4.69) is 15.2 Å². The maximum Gasteiger partial charge on any atom is 0.416 e. The lowest BCUT2D eigenvalue weighted by Crippen LogP contribution is -2.05. The zero-order valence-corrected chi connectivity index (χ0v) is 14.8. The van der Waals surface area contributed by atoms with Crippen molar-refractivity contribution in [3.63, 3.8) is 0 Å². The number of hydrogen-bond acceptors (Lipinski definition) is 4. The van der Waals surface area contributed by atoms with Gasteiger partial charge in [-0.2, -0.15) is 13.2 Å². The normalized spacial score (nSPS) is 12.9. The largest absolute Gasteiger partial charge is 0.416 e. The Kier molecular flexibility index (Phi) is 5.61. The van der Waals surface area contributed by atoms with Gasteiger partial charge in [0.1, 0.15) is 6.33 Å². The first kappa shape index (κ1) is 18.4. The minimum atomic E-state index is -4.32. The lowest BCUT2D eigenvalue weighted by Gasteiger charge is -2.13. The smallest absolute Gasteiger partial charge is 0.308 e. The fourth-order valence-corrected chi connectivity index (χ4v) is 3.42. The summed E-state index contributed by atoms with van der Waals surface area (Å²) in [4.78, 5) is 4.29. The second-order valence-electron chi connectivity index (χ2n) is 5.76. The molecule has 1 atom stereocenters. The molecule has 2 heterocycles. The number of nitrogens with zero attached hydrogens (tertiary/aromatic N) is 4. The number of benzene rings is 1. The summed E-state index contributed by atoms with van der Waals surface area (Å²) in [5, 5.41) is 8.76. The Balaban J connectivity index is 1.65. The quantitative estimate of drug-likeness (QED) is 0.579. The molecule has 0 aliphatic carbocycles. The number of rotatable bonds is 6. The van der Waals surface area contributed by atoms with Crippen molar-refractivity contribution < 1.29 is 13.2 Å². The van der Waals surface area contributed by atoms with Crippen LogP contribution in [0.1, 0.15) is 29.0 Å². The van der Waals surface area contributed by atoms with E-state index in [9.17, 15) is 13.2 Å². The third-order valence-corrected chi connectivity index (χ3v) is 5.06. The van der Waals surface area contributed by atoms with Gasteiger partial charge < -0.3 is 4.57 Å². The molecule has 136 valence electrons. The highest BCUT2D eigenvalue weighted by atomic mass is 32.2. The van der Waals surface area contributed by atoms with Crippen molar-refractivity contribution in [2.24, 2.45) is 0 Å². The van der Waals surface area contributed by atoms with Gasteiger partial charge in [-0.1, -0.05) is 30.0 Å². The van der Waals surface area contributed by atoms with Gasteiger partial charge >= 0.3 is 6.18 Å². The van der Waals surface area contributed by atoms with Crippen LogP contribution in [-0.4, -0.2) is 19.7 Å². The zero-order valence-electron chi connectivity index (χ0n) is 14.0. The van der Waals surface area contributed by atoms with Crippen molar-refractivity contribution in [1.82, 2.24) is 19.7 Å². The number of aryl methyl sites for hydroxylation is 2. The lowest BCUT2D eigenvalue weighted by molar-refractivity contribution is -0.137. The van der Waals surface area contributed by atoms with Crippen molar-refractivity contribution in [1.29, 1.82) is 0 Å². The van der Waals surface area contributed by atoms with E-state index in [1.807, 2.05) is 29.7 Å². The van der Waals surface area contributed by atoms with Crippen molar-refractivity contribution in [2.75, 3.05) is 0 Å². The monoisotopic (exact) mass is 378 g/mol. The van der Waals surface area contributed by atoms with Crippen LogP contribution in [0.5, 0.6) is 0 Å². The summed E-state index contributed by atoms with van der Waals surface area (Å²) in [7, 11) is 0. The molecule has 2 aromatic heterocycles. The van der Waals surface area contributed by atoms with E-state index < -0.39 is 11.7 Å². The number of pyridine rings is 1. The second kappa shape index (κ2) is 7.90. The summed E-state index contributed by atoms with van der Waals surface area (Å²) >= 11 is 1.47. The number of hydrogen-bond donors (Lipinski definition) is 0. The molecule has 3 rings (SSSR count). The SMILES string of the molecule is CC(Sc1nncn1CCc1ccccn1)c1ccc(C(F)(F)F)cc1. The van der Waals surface area contributed by atoms with Crippen molar-refractivity contribution in [2.45, 2.75) is 36.5 Å². The van der Waals surface area contributed by atoms with Crippen LogP contribution >= 0.6 is 11.8 Å². The Morgan fingerprint density at radius 2 is 1.88 bits per heavy atom. The third-order valence-electron chi connectivity index (χ3n) is 3.90. The maximum atomic E-state index is 12.7. The molecule has 26 heavy (non-hydrogen) atoms. The molecule has 0 saturated heterocycles. The number of halogens is 3. The van der Waals surface area contributed by atoms with Gasteiger partial charge in [-0.3, -0.25) is 4.98 Å². The number of thioether (sulfide) groups is 1. The second-order valence-corrected chi connectivity index (χ2v) is 7.07. The van der Waals surface area contributed by atoms with Gasteiger partial charge in [0.05, 0.1) is 5.56 Å². The van der Waals surface area contributed by atoms with Gasteiger partial charge in [0.15, 0.2) is 5.16 Å². The first-order chi connectivity index (χ1) is 12.4. The van der Waals surface area contributed by atoms with E-state index in [0.29, 0.717) is 6.54 Å². The van der Waals surface area contributed by atoms with Crippen molar-refractivity contribution in [3.8, 4) is 0 Å². The molecule has 0 aliphatic heterocycles. The molecule has 0 N–H and O–H groups in total. The minimum absolute atomic E-state index is 0.0462. The molecule has 0 amide bonds. The van der Waals surface area contributed by atoms with E-state index in [4.69, 9.17) is 0 Å². The first-order valence-electron chi connectivity index (χ1n) is 8.05. The van der Waals surface area contributed by atoms with Gasteiger partial charge in [-0.05, 0) is 36.8 Å². The topological polar surface area (TPSA) is 43.6 Å². The average Bonchev–Trinajstić information content (AvgIpc) is 3.07. The summed E-state index contributed by atoms with van der Waals surface area (Å²) in [5.74, 6) is 0. The first-order valence-corrected chi connectivity index (χ1v) is 8.93. The molecule has 0 bridgehead atoms. The standard InChI is InChI=1S/C18H17F3N4S/c1-13(14-5-7-15(8-6-14)18(19,20)21)26-17-24-23-12-25(17)11-9-16-4-2-3-10-22-16/h2-8,10,12-13H,9,11H2,1H3. The van der Waals surface area contributed by atoms with E-state index in [0.717, 1.165) is 35.0 Å². The Morgan fingerprint density at radius 1 is 1.12 bits per heavy atom. The van der Waals surface area contributed by atoms with Crippen LogP contribution in [0.25, 0.3) is 0 Å². The van der Waals surface area contributed by atoms with Gasteiger partial charge in [-0.15, -0.1) is 10.2 Å². The third kappa shape index (κ3) is 4.63. The van der Waals surface area contributed by atoms with Gasteiger partial charge in [0.2, 0.25) is 0 Å². The molecule has 0 aliphatic rings. The van der Waals surface area contributed by atoms with Crippen LogP contribution in [-0.2, 0) is 19.1 Å². The molecule has 0 radical (unpaired) electrons. The predicted octanol–water partition coefficient (Wildman–Crippen LogP) is 4.79. The number of alkyl halides is 3. The predicted molar refractivity (Wildman–Crippen MR) is 93.7 cm³/mol. The van der Waals surface area contributed by atoms with Crippen molar-refractivity contribution >= 4 is 11.8 Å². The molecular formula is C18H17F3N4S. The van der Waals surface area contributed by atoms with E-state index in [1.54, 1.807) is 12.5 Å². The molecule has 1 unspecified atom stereocenters. The average molecular weight is 378 g/mol. The van der Waals surface area contributed by atoms with Gasteiger partial charge in [0, 0.05) is 30.1 Å². The maximum absolute atomic E-state index is 12.7. The lowest BCUT2D eigenvalue weighted by atomic mass is 10.1. The van der Waals surface area contributed by atoms with Crippen LogP contribution in [0, 0.1) is 0 Å². The molecule has 1 aromatic carbocycles. The Bertz CT molecular complexity index is 832. The van der Waals surface area contributed by atoms with E-state index in [-0.39, 0.29) is 5.25 Å². The molecule has 0 fully saturated rings. The summed E-state index contributed by atoms with van der Waals surface area (Å²) < 4.78 is 39.9. The van der Waals surface area contributed by atoms with Gasteiger partial charge in [0.25, 0.3) is 0 Å². The van der Waals surface area contributed by atoms with Crippen LogP contribution in [0.3, 0.4) is 0 Å². The summed E-state index contributed by atoms with van der Waals surface area (Å²) in [6.07, 6.45) is -0.157. The highest BCUT2D eigenvalue weighted by Crippen LogP contribution is 2.35. The Labute approximate surface area is 153 Å². The molecule has 0 spiro atoms. The van der Waals surface area contributed by atoms with Crippen LogP contribution in [0.15, 0.2) is 60.1 Å². The number of aromatic nitrogens is 4. The molecule has 0 saturated carbocycles. The van der Waals surface area contributed by atoms with Crippen LogP contribution in [0.2, 0.25) is 0 Å². The molecule has 3 aromatic rings. The minimum Gasteiger partial charge on any atom is -0.308 e. The summed E-state index contributed by atoms with van der Waals surface area (Å²) in [6, 6.07) is 11.0. The van der Waals surface area contributed by atoms with Gasteiger partial charge in [-0.25, -0.2) is 0 Å². The zero-order chi connectivity index (χ0) is 18.6. The Hall–Kier alpha value is -2.35. The van der Waals surface area contributed by atoms with E-state index in [1.165, 1.54) is 23.9 Å². The molecule has 4 nitrogen and oxygen atoms in total. The fraction of sp³-hybridized carbons (Fsp3) is 0.278. The fourth-order valence-electron chi connectivity index (χ4n) is 2.44. The summed E-state index contributed by atoms with van der Waals surface area (Å²) in [5.41, 5.74) is 1.15. The highest BCUT2D eigenvalue weighted by Gasteiger charge is 2.30. The Morgan fingerprint density at radius 3 is 2.54 bits per heavy atom. The van der Waals surface area contributed by atoms with E-state index >= 15 is 0 Å².